The number of rotatable bonds is 3. The molecule has 0 unspecified atom stereocenters. The molecule has 0 bridgehead atoms. The van der Waals surface area contributed by atoms with Gasteiger partial charge in [0, 0.05) is 36.8 Å². The van der Waals surface area contributed by atoms with Crippen LogP contribution in [0.5, 0.6) is 0 Å². The molecular formula is C13H12N3O3+. The van der Waals surface area contributed by atoms with Crippen LogP contribution in [-0.4, -0.2) is 10.8 Å². The summed E-state index contributed by atoms with van der Waals surface area (Å²) < 4.78 is 1.59. The highest BCUT2D eigenvalue weighted by molar-refractivity contribution is 5.98. The third-order valence-corrected chi connectivity index (χ3v) is 2.63. The van der Waals surface area contributed by atoms with E-state index >= 15 is 0 Å². The number of carbonyl (C=O) groups is 1. The number of nitro groups is 1. The minimum atomic E-state index is -0.502. The van der Waals surface area contributed by atoms with E-state index in [0.29, 0.717) is 5.56 Å². The Labute approximate surface area is 109 Å². The predicted molar refractivity (Wildman–Crippen MR) is 68.2 cm³/mol. The van der Waals surface area contributed by atoms with Crippen molar-refractivity contribution in [3.05, 3.63) is 70.0 Å². The van der Waals surface area contributed by atoms with Gasteiger partial charge in [-0.15, -0.1) is 5.43 Å². The van der Waals surface area contributed by atoms with Gasteiger partial charge in [-0.05, 0) is 18.2 Å². The van der Waals surface area contributed by atoms with Gasteiger partial charge in [0.05, 0.1) is 4.92 Å². The second-order valence-corrected chi connectivity index (χ2v) is 3.96. The fourth-order valence-corrected chi connectivity index (χ4v) is 1.56. The summed E-state index contributed by atoms with van der Waals surface area (Å²) in [5.41, 5.74) is 3.88. The molecule has 0 atom stereocenters. The molecule has 0 saturated carbocycles. The van der Waals surface area contributed by atoms with E-state index < -0.39 is 4.92 Å². The van der Waals surface area contributed by atoms with Gasteiger partial charge in [0.15, 0.2) is 6.20 Å². The molecule has 0 aliphatic carbocycles. The number of carbonyl (C=O) groups excluding carboxylic acids is 1. The minimum absolute atomic E-state index is 0.0416. The molecule has 0 aliphatic heterocycles. The van der Waals surface area contributed by atoms with Gasteiger partial charge >= 0.3 is 5.91 Å². The Morgan fingerprint density at radius 1 is 1.21 bits per heavy atom. The van der Waals surface area contributed by atoms with Gasteiger partial charge in [0.2, 0.25) is 5.69 Å². The Hall–Kier alpha value is -2.76. The standard InChI is InChI=1S/C13H11N3O3/c1-10-4-2-3-9-15(10)14-13(17)11-5-7-12(8-6-11)16(18)19/h2-9H,1H3/p+1. The van der Waals surface area contributed by atoms with Gasteiger partial charge < -0.3 is 0 Å². The van der Waals surface area contributed by atoms with Crippen LogP contribution in [-0.2, 0) is 0 Å². The highest BCUT2D eigenvalue weighted by atomic mass is 16.6. The van der Waals surface area contributed by atoms with Crippen LogP contribution in [0.4, 0.5) is 5.69 Å². The maximum Gasteiger partial charge on any atom is 0.305 e. The largest absolute Gasteiger partial charge is 0.305 e. The van der Waals surface area contributed by atoms with Crippen LogP contribution in [0.2, 0.25) is 0 Å². The van der Waals surface area contributed by atoms with Crippen LogP contribution < -0.4 is 10.1 Å². The Morgan fingerprint density at radius 3 is 2.47 bits per heavy atom. The van der Waals surface area contributed by atoms with E-state index in [1.54, 1.807) is 16.9 Å². The number of aryl methyl sites for hydroxylation is 1. The number of amides is 1. The molecule has 0 aliphatic rings. The lowest BCUT2D eigenvalue weighted by molar-refractivity contribution is -0.647. The van der Waals surface area contributed by atoms with Crippen LogP contribution in [0.15, 0.2) is 48.7 Å². The number of pyridine rings is 1. The summed E-state index contributed by atoms with van der Waals surface area (Å²) in [6, 6.07) is 11.0. The molecule has 2 rings (SSSR count). The number of nitro benzene ring substituents is 1. The van der Waals surface area contributed by atoms with Crippen molar-refractivity contribution in [1.29, 1.82) is 0 Å². The summed E-state index contributed by atoms with van der Waals surface area (Å²) in [4.78, 5) is 22.0. The Kier molecular flexibility index (Phi) is 3.51. The summed E-state index contributed by atoms with van der Waals surface area (Å²) in [5, 5.41) is 10.5. The average Bonchev–Trinajstić information content (AvgIpc) is 2.41. The van der Waals surface area contributed by atoms with E-state index in [2.05, 4.69) is 5.43 Å². The SMILES string of the molecule is Cc1cccc[n+]1NC(=O)c1ccc([N+](=O)[O-])cc1. The highest BCUT2D eigenvalue weighted by Crippen LogP contribution is 2.11. The lowest BCUT2D eigenvalue weighted by Crippen LogP contribution is -2.50. The number of hydrogen-bond donors (Lipinski definition) is 1. The predicted octanol–water partition coefficient (Wildman–Crippen LogP) is 1.57. The summed E-state index contributed by atoms with van der Waals surface area (Å²) in [6.45, 7) is 1.86. The Bertz CT molecular complexity index is 623. The first-order chi connectivity index (χ1) is 9.08. The summed E-state index contributed by atoms with van der Waals surface area (Å²) in [7, 11) is 0. The zero-order valence-electron chi connectivity index (χ0n) is 10.2. The first-order valence-electron chi connectivity index (χ1n) is 5.61. The van der Waals surface area contributed by atoms with E-state index in [9.17, 15) is 14.9 Å². The monoisotopic (exact) mass is 258 g/mol. The molecule has 2 aromatic rings. The second-order valence-electron chi connectivity index (χ2n) is 3.96. The lowest BCUT2D eigenvalue weighted by Gasteiger charge is -2.01. The van der Waals surface area contributed by atoms with Crippen LogP contribution in [0.3, 0.4) is 0 Å². The molecule has 1 aromatic heterocycles. The topological polar surface area (TPSA) is 76.1 Å². The molecule has 1 heterocycles. The smallest absolute Gasteiger partial charge is 0.264 e. The zero-order chi connectivity index (χ0) is 13.8. The van der Waals surface area contributed by atoms with Gasteiger partial charge in [-0.25, -0.2) is 0 Å². The summed E-state index contributed by atoms with van der Waals surface area (Å²) >= 11 is 0. The lowest BCUT2D eigenvalue weighted by atomic mass is 10.2. The van der Waals surface area contributed by atoms with Crippen LogP contribution in [0.25, 0.3) is 0 Å². The molecule has 1 amide bonds. The van der Waals surface area contributed by atoms with Crippen LogP contribution >= 0.6 is 0 Å². The molecule has 0 saturated heterocycles. The first kappa shape index (κ1) is 12.7. The van der Waals surface area contributed by atoms with Crippen molar-refractivity contribution in [2.24, 2.45) is 0 Å². The van der Waals surface area contributed by atoms with Crippen LogP contribution in [0.1, 0.15) is 16.1 Å². The fourth-order valence-electron chi connectivity index (χ4n) is 1.56. The number of nitrogens with one attached hydrogen (secondary N) is 1. The van der Waals surface area contributed by atoms with Crippen LogP contribution in [0, 0.1) is 17.0 Å². The van der Waals surface area contributed by atoms with E-state index in [-0.39, 0.29) is 11.6 Å². The maximum absolute atomic E-state index is 11.9. The zero-order valence-corrected chi connectivity index (χ0v) is 10.2. The number of hydrogen-bond acceptors (Lipinski definition) is 3. The summed E-state index contributed by atoms with van der Waals surface area (Å²) in [5.74, 6) is -0.325. The number of aromatic nitrogens is 1. The van der Waals surface area contributed by atoms with Gasteiger partial charge in [0.1, 0.15) is 0 Å². The number of benzene rings is 1. The summed E-state index contributed by atoms with van der Waals surface area (Å²) in [6.07, 6.45) is 1.72. The molecule has 6 nitrogen and oxygen atoms in total. The highest BCUT2D eigenvalue weighted by Gasteiger charge is 2.14. The molecule has 19 heavy (non-hydrogen) atoms. The van der Waals surface area contributed by atoms with Crippen molar-refractivity contribution >= 4 is 11.6 Å². The van der Waals surface area contributed by atoms with Gasteiger partial charge in [-0.2, -0.15) is 0 Å². The number of non-ortho nitro benzene ring substituents is 1. The molecule has 1 aromatic carbocycles. The Morgan fingerprint density at radius 2 is 1.89 bits per heavy atom. The molecule has 0 spiro atoms. The molecule has 96 valence electrons. The first-order valence-corrected chi connectivity index (χ1v) is 5.61. The van der Waals surface area contributed by atoms with Crippen molar-refractivity contribution in [2.45, 2.75) is 6.92 Å². The van der Waals surface area contributed by atoms with Crippen molar-refractivity contribution in [1.82, 2.24) is 0 Å². The number of nitrogens with zero attached hydrogens (tertiary/aromatic N) is 2. The molecule has 0 fully saturated rings. The van der Waals surface area contributed by atoms with E-state index in [1.165, 1.54) is 24.3 Å². The average molecular weight is 258 g/mol. The third-order valence-electron chi connectivity index (χ3n) is 2.63. The molecular weight excluding hydrogens is 246 g/mol. The normalized spacial score (nSPS) is 9.95. The molecule has 0 radical (unpaired) electrons. The third kappa shape index (κ3) is 2.92. The van der Waals surface area contributed by atoms with Gasteiger partial charge in [0.25, 0.3) is 5.69 Å². The van der Waals surface area contributed by atoms with E-state index in [0.717, 1.165) is 5.69 Å². The van der Waals surface area contributed by atoms with Gasteiger partial charge in [-0.1, -0.05) is 4.68 Å². The fraction of sp³-hybridized carbons (Fsp3) is 0.0769. The second kappa shape index (κ2) is 5.26. The minimum Gasteiger partial charge on any atom is -0.264 e. The van der Waals surface area contributed by atoms with E-state index in [4.69, 9.17) is 0 Å². The van der Waals surface area contributed by atoms with Crippen molar-refractivity contribution < 1.29 is 14.4 Å². The Balaban J connectivity index is 2.16. The maximum atomic E-state index is 11.9. The van der Waals surface area contributed by atoms with Crippen molar-refractivity contribution in [3.63, 3.8) is 0 Å². The molecule has 6 heteroatoms. The van der Waals surface area contributed by atoms with Crippen molar-refractivity contribution in [3.8, 4) is 0 Å². The van der Waals surface area contributed by atoms with Crippen molar-refractivity contribution in [2.75, 3.05) is 5.43 Å². The van der Waals surface area contributed by atoms with E-state index in [1.807, 2.05) is 19.1 Å². The molecule has 1 N–H and O–H groups in total. The quantitative estimate of drug-likeness (QED) is 0.516. The van der Waals surface area contributed by atoms with Gasteiger partial charge in [-0.3, -0.25) is 14.9 Å².